The molecule has 0 aliphatic rings. The van der Waals surface area contributed by atoms with Crippen LogP contribution in [0.25, 0.3) is 27.8 Å². The average Bonchev–Trinajstić information content (AvgIpc) is 3.26. The van der Waals surface area contributed by atoms with Crippen LogP contribution in [0.5, 0.6) is 0 Å². The van der Waals surface area contributed by atoms with Gasteiger partial charge in [0.05, 0.1) is 22.3 Å². The molecule has 0 aliphatic carbocycles. The number of halogens is 3. The van der Waals surface area contributed by atoms with Crippen LogP contribution < -0.4 is 10.9 Å². The summed E-state index contributed by atoms with van der Waals surface area (Å²) in [5.74, 6) is 0.0910. The van der Waals surface area contributed by atoms with Gasteiger partial charge in [0.2, 0.25) is 5.95 Å². The molecule has 0 spiro atoms. The highest BCUT2D eigenvalue weighted by molar-refractivity contribution is 5.83. The Labute approximate surface area is 231 Å². The summed E-state index contributed by atoms with van der Waals surface area (Å²) in [7, 11) is 0. The first-order chi connectivity index (χ1) is 19.3. The fourth-order valence-electron chi connectivity index (χ4n) is 3.75. The van der Waals surface area contributed by atoms with Gasteiger partial charge in [0, 0.05) is 23.4 Å². The zero-order valence-electron chi connectivity index (χ0n) is 22.4. The number of carboxylic acid groups (broad SMARTS) is 1. The van der Waals surface area contributed by atoms with Crippen LogP contribution in [-0.2, 0) is 4.79 Å². The number of H-pyrrole nitrogens is 1. The molecule has 0 atom stereocenters. The van der Waals surface area contributed by atoms with E-state index in [1.165, 1.54) is 0 Å². The molecule has 212 valence electrons. The third-order valence-corrected chi connectivity index (χ3v) is 5.71. The number of carbonyl (C=O) groups is 1. The number of aromatic nitrogens is 7. The van der Waals surface area contributed by atoms with Crippen LogP contribution in [0.3, 0.4) is 0 Å². The number of hydrogen-bond donors (Lipinski definition) is 3. The maximum Gasteiger partial charge on any atom is 0.490 e. The van der Waals surface area contributed by atoms with Crippen molar-refractivity contribution in [2.24, 2.45) is 0 Å². The van der Waals surface area contributed by atoms with Crippen molar-refractivity contribution in [3.63, 3.8) is 0 Å². The van der Waals surface area contributed by atoms with Crippen molar-refractivity contribution in [3.8, 4) is 16.9 Å². The zero-order chi connectivity index (χ0) is 29.9. The molecule has 5 rings (SSSR count). The van der Waals surface area contributed by atoms with Crippen molar-refractivity contribution in [2.45, 2.75) is 39.8 Å². The number of benzene rings is 2. The number of nitrogens with one attached hydrogen (secondary N) is 2. The lowest BCUT2D eigenvalue weighted by Crippen LogP contribution is -2.21. The van der Waals surface area contributed by atoms with Gasteiger partial charge in [-0.3, -0.25) is 4.79 Å². The van der Waals surface area contributed by atoms with E-state index in [-0.39, 0.29) is 11.5 Å². The Kier molecular flexibility index (Phi) is 8.12. The Hall–Kier alpha value is -5.14. The van der Waals surface area contributed by atoms with E-state index in [4.69, 9.17) is 9.90 Å². The molecular formula is C27H25F3N8O3. The minimum absolute atomic E-state index is 0.144. The fourth-order valence-corrected chi connectivity index (χ4v) is 3.75. The van der Waals surface area contributed by atoms with E-state index in [0.29, 0.717) is 28.4 Å². The third kappa shape index (κ3) is 6.90. The van der Waals surface area contributed by atoms with E-state index in [2.05, 4.69) is 35.3 Å². The van der Waals surface area contributed by atoms with Gasteiger partial charge in [0.25, 0.3) is 5.56 Å². The molecule has 5 aromatic rings. The van der Waals surface area contributed by atoms with Gasteiger partial charge in [0.1, 0.15) is 17.5 Å². The van der Waals surface area contributed by atoms with Crippen LogP contribution >= 0.6 is 0 Å². The number of nitrogens with zero attached hydrogens (tertiary/aromatic N) is 6. The number of anilines is 2. The summed E-state index contributed by atoms with van der Waals surface area (Å²) in [4.78, 5) is 42.3. The van der Waals surface area contributed by atoms with Crippen LogP contribution in [0.2, 0.25) is 0 Å². The SMILES string of the molecule is Cc1nc(C)n(-c2ccc(Nc3nccc(-c4ccc5nc(C(C)C)[nH]c(=O)c5c4)n3)cc2)n1.O=C(O)C(F)(F)F. The summed E-state index contributed by atoms with van der Waals surface area (Å²) >= 11 is 0. The Morgan fingerprint density at radius 3 is 2.29 bits per heavy atom. The number of rotatable bonds is 5. The largest absolute Gasteiger partial charge is 0.490 e. The first-order valence-electron chi connectivity index (χ1n) is 12.3. The van der Waals surface area contributed by atoms with E-state index >= 15 is 0 Å². The van der Waals surface area contributed by atoms with Gasteiger partial charge in [-0.1, -0.05) is 19.9 Å². The van der Waals surface area contributed by atoms with Crippen LogP contribution in [-0.4, -0.2) is 52.0 Å². The van der Waals surface area contributed by atoms with Crippen LogP contribution in [0.15, 0.2) is 59.5 Å². The average molecular weight is 567 g/mol. The number of aromatic amines is 1. The topological polar surface area (TPSA) is 152 Å². The molecule has 0 amide bonds. The van der Waals surface area contributed by atoms with Gasteiger partial charge in [-0.05, 0) is 56.3 Å². The molecule has 0 radical (unpaired) electrons. The summed E-state index contributed by atoms with van der Waals surface area (Å²) in [5, 5.41) is 15.3. The Bertz CT molecular complexity index is 1760. The van der Waals surface area contributed by atoms with E-state index in [9.17, 15) is 18.0 Å². The first-order valence-corrected chi connectivity index (χ1v) is 12.3. The van der Waals surface area contributed by atoms with Crippen molar-refractivity contribution in [1.29, 1.82) is 0 Å². The van der Waals surface area contributed by atoms with Gasteiger partial charge < -0.3 is 15.4 Å². The van der Waals surface area contributed by atoms with E-state index in [0.717, 1.165) is 28.6 Å². The molecular weight excluding hydrogens is 541 g/mol. The quantitative estimate of drug-likeness (QED) is 0.265. The second-order valence-corrected chi connectivity index (χ2v) is 9.20. The highest BCUT2D eigenvalue weighted by Gasteiger charge is 2.38. The lowest BCUT2D eigenvalue weighted by molar-refractivity contribution is -0.192. The maximum atomic E-state index is 12.6. The predicted molar refractivity (Wildman–Crippen MR) is 145 cm³/mol. The lowest BCUT2D eigenvalue weighted by Gasteiger charge is -2.09. The van der Waals surface area contributed by atoms with Gasteiger partial charge in [0.15, 0.2) is 0 Å². The molecule has 0 bridgehead atoms. The van der Waals surface area contributed by atoms with Crippen LogP contribution in [0.1, 0.15) is 37.2 Å². The van der Waals surface area contributed by atoms with Crippen molar-refractivity contribution < 1.29 is 23.1 Å². The smallest absolute Gasteiger partial charge is 0.475 e. The molecule has 0 unspecified atom stereocenters. The zero-order valence-corrected chi connectivity index (χ0v) is 22.4. The number of fused-ring (bicyclic) bond motifs is 1. The van der Waals surface area contributed by atoms with E-state index in [1.807, 2.05) is 76.2 Å². The maximum absolute atomic E-state index is 12.6. The van der Waals surface area contributed by atoms with E-state index in [1.54, 1.807) is 10.9 Å². The molecule has 0 saturated heterocycles. The van der Waals surface area contributed by atoms with Crippen molar-refractivity contribution in [2.75, 3.05) is 5.32 Å². The van der Waals surface area contributed by atoms with Crippen molar-refractivity contribution >= 4 is 28.5 Å². The normalized spacial score (nSPS) is 11.3. The molecule has 0 aliphatic heterocycles. The number of alkyl halides is 3. The van der Waals surface area contributed by atoms with Gasteiger partial charge in [-0.2, -0.15) is 18.3 Å². The Morgan fingerprint density at radius 2 is 1.71 bits per heavy atom. The molecule has 2 aromatic carbocycles. The standard InChI is InChI=1S/C25H24N8O.C2HF3O2/c1-14(2)23-29-22-10-5-17(13-20(22)24(34)31-23)21-11-12-26-25(30-21)28-18-6-8-19(9-7-18)33-16(4)27-15(3)32-33;3-2(4,5)1(6)7/h5-14H,1-4H3,(H,26,28,30)(H,29,31,34);(H,6,7). The van der Waals surface area contributed by atoms with Crippen molar-refractivity contribution in [3.05, 3.63) is 82.6 Å². The summed E-state index contributed by atoms with van der Waals surface area (Å²) < 4.78 is 33.5. The summed E-state index contributed by atoms with van der Waals surface area (Å²) in [6.45, 7) is 7.79. The highest BCUT2D eigenvalue weighted by atomic mass is 19.4. The Morgan fingerprint density at radius 1 is 1.02 bits per heavy atom. The van der Waals surface area contributed by atoms with Crippen LogP contribution in [0, 0.1) is 13.8 Å². The highest BCUT2D eigenvalue weighted by Crippen LogP contribution is 2.23. The Balaban J connectivity index is 0.000000493. The fraction of sp³-hybridized carbons (Fsp3) is 0.222. The molecule has 0 fully saturated rings. The number of hydrogen-bond acceptors (Lipinski definition) is 8. The summed E-state index contributed by atoms with van der Waals surface area (Å²) in [6.07, 6.45) is -3.39. The number of aliphatic carboxylic acids is 1. The minimum atomic E-state index is -5.08. The predicted octanol–water partition coefficient (Wildman–Crippen LogP) is 5.08. The number of carboxylic acids is 1. The molecule has 3 aromatic heterocycles. The molecule has 11 nitrogen and oxygen atoms in total. The van der Waals surface area contributed by atoms with Gasteiger partial charge in [-0.25, -0.2) is 29.4 Å². The number of aryl methyl sites for hydroxylation is 2. The van der Waals surface area contributed by atoms with Crippen LogP contribution in [0.4, 0.5) is 24.8 Å². The van der Waals surface area contributed by atoms with Gasteiger partial charge >= 0.3 is 12.1 Å². The monoisotopic (exact) mass is 566 g/mol. The summed E-state index contributed by atoms with van der Waals surface area (Å²) in [5.41, 5.74) is 3.80. The molecule has 0 saturated carbocycles. The lowest BCUT2D eigenvalue weighted by atomic mass is 10.1. The summed E-state index contributed by atoms with van der Waals surface area (Å²) in [6, 6.07) is 15.2. The minimum Gasteiger partial charge on any atom is -0.475 e. The third-order valence-electron chi connectivity index (χ3n) is 5.71. The second kappa shape index (κ2) is 11.5. The van der Waals surface area contributed by atoms with Crippen molar-refractivity contribution in [1.82, 2.24) is 34.7 Å². The second-order valence-electron chi connectivity index (χ2n) is 9.20. The molecule has 3 N–H and O–H groups in total. The first kappa shape index (κ1) is 28.9. The molecule has 41 heavy (non-hydrogen) atoms. The van der Waals surface area contributed by atoms with Gasteiger partial charge in [-0.15, -0.1) is 0 Å². The molecule has 14 heteroatoms. The van der Waals surface area contributed by atoms with E-state index < -0.39 is 12.1 Å². The molecule has 3 heterocycles.